The molecule has 0 aliphatic rings. The molecule has 0 amide bonds. The van der Waals surface area contributed by atoms with E-state index >= 15 is 0 Å². The van der Waals surface area contributed by atoms with Gasteiger partial charge in [0.2, 0.25) is 0 Å². The molecule has 0 spiro atoms. The van der Waals surface area contributed by atoms with E-state index in [9.17, 15) is 0 Å². The lowest BCUT2D eigenvalue weighted by Gasteiger charge is -2.11. The van der Waals surface area contributed by atoms with Gasteiger partial charge in [-0.05, 0) is 0 Å². The van der Waals surface area contributed by atoms with Gasteiger partial charge in [-0.1, -0.05) is 0 Å². The maximum atomic E-state index is 9.15. The van der Waals surface area contributed by atoms with Crippen molar-refractivity contribution >= 4 is 0 Å². The summed E-state index contributed by atoms with van der Waals surface area (Å²) in [6.45, 7) is 2.76. The average Bonchev–Trinajstić information content (AvgIpc) is 2.33. The molecule has 0 fully saturated rings. The van der Waals surface area contributed by atoms with Gasteiger partial charge in [0.15, 0.2) is 12.6 Å². The van der Waals surface area contributed by atoms with E-state index in [0.29, 0.717) is 25.9 Å². The van der Waals surface area contributed by atoms with Crippen molar-refractivity contribution in [3.63, 3.8) is 0 Å². The fraction of sp³-hybridized carbons (Fsp3) is 1.00. The van der Waals surface area contributed by atoms with Crippen LogP contribution in [0.2, 0.25) is 0 Å². The lowest BCUT2D eigenvalue weighted by atomic mass is 10.4. The van der Waals surface area contributed by atoms with Crippen LogP contribution in [0.1, 0.15) is 12.8 Å². The summed E-state index contributed by atoms with van der Waals surface area (Å²) in [4.78, 5) is 17.6. The number of hydrogen-bond acceptors (Lipinski definition) is 8. The van der Waals surface area contributed by atoms with Crippen LogP contribution in [0.15, 0.2) is 0 Å². The molecule has 18 heavy (non-hydrogen) atoms. The van der Waals surface area contributed by atoms with Crippen LogP contribution < -0.4 is 10.6 Å². The lowest BCUT2D eigenvalue weighted by molar-refractivity contribution is -0.354. The van der Waals surface area contributed by atoms with Gasteiger partial charge >= 0.3 is 0 Å². The molecule has 0 rings (SSSR count). The van der Waals surface area contributed by atoms with E-state index in [1.54, 1.807) is 0 Å². The van der Waals surface area contributed by atoms with Gasteiger partial charge in [-0.2, -0.15) is 0 Å². The van der Waals surface area contributed by atoms with Gasteiger partial charge in [0.1, 0.15) is 0 Å². The predicted octanol–water partition coefficient (Wildman–Crippen LogP) is -1.26. The highest BCUT2D eigenvalue weighted by molar-refractivity contribution is 4.54. The third-order valence-corrected chi connectivity index (χ3v) is 2.03. The zero-order valence-electron chi connectivity index (χ0n) is 10.9. The molecule has 0 aromatic heterocycles. The van der Waals surface area contributed by atoms with Gasteiger partial charge in [-0.15, -0.1) is 0 Å². The molecule has 2 atom stereocenters. The Balaban J connectivity index is 3.11. The number of nitrogens with one attached hydrogen (secondary N) is 2. The van der Waals surface area contributed by atoms with Crippen LogP contribution >= 0.6 is 0 Å². The van der Waals surface area contributed by atoms with Crippen LogP contribution in [0.5, 0.6) is 0 Å². The number of rotatable bonds is 13. The van der Waals surface area contributed by atoms with Gasteiger partial charge in [0.25, 0.3) is 0 Å². The van der Waals surface area contributed by atoms with E-state index in [1.807, 2.05) is 0 Å². The van der Waals surface area contributed by atoms with Crippen LogP contribution in [-0.2, 0) is 19.6 Å². The summed E-state index contributed by atoms with van der Waals surface area (Å²) in [6, 6.07) is 0. The van der Waals surface area contributed by atoms with E-state index in [1.165, 1.54) is 14.2 Å². The average molecular weight is 268 g/mol. The van der Waals surface area contributed by atoms with Crippen LogP contribution in [0.4, 0.5) is 0 Å². The van der Waals surface area contributed by atoms with Gasteiger partial charge in [-0.3, -0.25) is 0 Å². The largest absolute Gasteiger partial charge is 0.366 e. The number of hydrogen-bond donors (Lipinski definition) is 4. The summed E-state index contributed by atoms with van der Waals surface area (Å²) in [6.07, 6.45) is -0.906. The second kappa shape index (κ2) is 13.1. The Hall–Kier alpha value is -0.320. The predicted molar refractivity (Wildman–Crippen MR) is 63.2 cm³/mol. The Morgan fingerprint density at radius 2 is 1.17 bits per heavy atom. The van der Waals surface area contributed by atoms with Crippen LogP contribution in [0.3, 0.4) is 0 Å². The van der Waals surface area contributed by atoms with E-state index in [2.05, 4.69) is 30.2 Å². The first-order chi connectivity index (χ1) is 8.70. The molecular formula is C10H24N2O6. The van der Waals surface area contributed by atoms with Crippen molar-refractivity contribution < 1.29 is 29.8 Å². The van der Waals surface area contributed by atoms with Crippen molar-refractivity contribution in [1.29, 1.82) is 0 Å². The zero-order valence-corrected chi connectivity index (χ0v) is 10.9. The van der Waals surface area contributed by atoms with Crippen molar-refractivity contribution in [2.45, 2.75) is 25.4 Å². The van der Waals surface area contributed by atoms with Gasteiger partial charge in [-0.25, -0.2) is 19.6 Å². The molecule has 4 N–H and O–H groups in total. The monoisotopic (exact) mass is 268 g/mol. The highest BCUT2D eigenvalue weighted by Crippen LogP contribution is 1.92. The SMILES string of the molecule is COOC(O)CCNCCNCCC(O)OOC. The Morgan fingerprint density at radius 1 is 0.778 bits per heavy atom. The summed E-state index contributed by atoms with van der Waals surface area (Å²) in [5.41, 5.74) is 0. The Kier molecular flexibility index (Phi) is 12.9. The molecule has 0 aliphatic carbocycles. The summed E-state index contributed by atoms with van der Waals surface area (Å²) < 4.78 is 0. The molecule has 0 saturated carbocycles. The first kappa shape index (κ1) is 17.7. The third kappa shape index (κ3) is 12.1. The van der Waals surface area contributed by atoms with Crippen molar-refractivity contribution in [2.75, 3.05) is 40.4 Å². The summed E-state index contributed by atoms with van der Waals surface area (Å²) in [7, 11) is 2.70. The molecule has 0 heterocycles. The molecule has 0 aromatic carbocycles. The quantitative estimate of drug-likeness (QED) is 0.142. The van der Waals surface area contributed by atoms with Crippen molar-refractivity contribution in [2.24, 2.45) is 0 Å². The van der Waals surface area contributed by atoms with E-state index < -0.39 is 12.6 Å². The number of aliphatic hydroxyl groups excluding tert-OH is 2. The maximum absolute atomic E-state index is 9.15. The normalized spacial score (nSPS) is 14.7. The Bertz CT molecular complexity index is 156. The van der Waals surface area contributed by atoms with Gasteiger partial charge < -0.3 is 20.8 Å². The maximum Gasteiger partial charge on any atom is 0.189 e. The Morgan fingerprint density at radius 3 is 1.50 bits per heavy atom. The summed E-state index contributed by atoms with van der Waals surface area (Å²) in [5.74, 6) is 0. The second-order valence-electron chi connectivity index (χ2n) is 3.51. The molecule has 8 nitrogen and oxygen atoms in total. The first-order valence-corrected chi connectivity index (χ1v) is 5.87. The lowest BCUT2D eigenvalue weighted by Crippen LogP contribution is -2.31. The van der Waals surface area contributed by atoms with Gasteiger partial charge in [0, 0.05) is 39.0 Å². The molecule has 0 radical (unpaired) electrons. The minimum absolute atomic E-state index is 0.453. The molecule has 110 valence electrons. The molecule has 0 bridgehead atoms. The standard InChI is InChI=1S/C10H24N2O6/c1-15-17-9(13)3-5-11-7-8-12-6-4-10(14)18-16-2/h9-14H,3-8H2,1-2H3. The minimum Gasteiger partial charge on any atom is -0.366 e. The summed E-state index contributed by atoms with van der Waals surface area (Å²) in [5, 5.41) is 24.5. The molecular weight excluding hydrogens is 244 g/mol. The van der Waals surface area contributed by atoms with E-state index in [-0.39, 0.29) is 0 Å². The van der Waals surface area contributed by atoms with Gasteiger partial charge in [0.05, 0.1) is 14.2 Å². The van der Waals surface area contributed by atoms with Crippen LogP contribution in [0, 0.1) is 0 Å². The topological polar surface area (TPSA) is 101 Å². The van der Waals surface area contributed by atoms with Crippen molar-refractivity contribution in [3.8, 4) is 0 Å². The Labute approximate surface area is 107 Å². The molecule has 0 saturated heterocycles. The third-order valence-electron chi connectivity index (χ3n) is 2.03. The molecule has 0 aromatic rings. The minimum atomic E-state index is -0.906. The fourth-order valence-corrected chi connectivity index (χ4v) is 1.20. The van der Waals surface area contributed by atoms with Crippen LogP contribution in [-0.4, -0.2) is 63.2 Å². The molecule has 2 unspecified atom stereocenters. The van der Waals surface area contributed by atoms with Crippen LogP contribution in [0.25, 0.3) is 0 Å². The van der Waals surface area contributed by atoms with Crippen molar-refractivity contribution in [1.82, 2.24) is 10.6 Å². The van der Waals surface area contributed by atoms with E-state index in [0.717, 1.165) is 13.1 Å². The fourth-order valence-electron chi connectivity index (χ4n) is 1.20. The highest BCUT2D eigenvalue weighted by Gasteiger charge is 2.04. The molecule has 0 aliphatic heterocycles. The number of aliphatic hydroxyl groups is 2. The summed E-state index contributed by atoms with van der Waals surface area (Å²) >= 11 is 0. The van der Waals surface area contributed by atoms with Crippen molar-refractivity contribution in [3.05, 3.63) is 0 Å². The van der Waals surface area contributed by atoms with E-state index in [4.69, 9.17) is 10.2 Å². The zero-order chi connectivity index (χ0) is 13.6. The first-order valence-electron chi connectivity index (χ1n) is 5.87. The second-order valence-corrected chi connectivity index (χ2v) is 3.51. The highest BCUT2D eigenvalue weighted by atomic mass is 17.2. The molecule has 8 heteroatoms. The smallest absolute Gasteiger partial charge is 0.189 e.